The Morgan fingerprint density at radius 1 is 1.10 bits per heavy atom. The van der Waals surface area contributed by atoms with Gasteiger partial charge in [-0.15, -0.1) is 0 Å². The molecule has 5 nitrogen and oxygen atoms in total. The average molecular weight is 274 g/mol. The van der Waals surface area contributed by atoms with Crippen LogP contribution in [-0.4, -0.2) is 18.4 Å². The van der Waals surface area contributed by atoms with Crippen LogP contribution in [0.3, 0.4) is 0 Å². The molecule has 0 spiro atoms. The Kier molecular flexibility index (Phi) is 6.03. The molecule has 1 rings (SSSR count). The number of hydrogen-bond donors (Lipinski definition) is 2. The minimum Gasteiger partial charge on any atom is -0.494 e. The number of nitrogens with two attached hydrogens (primary N) is 2. The summed E-state index contributed by atoms with van der Waals surface area (Å²) in [5, 5.41) is 0. The van der Waals surface area contributed by atoms with Crippen LogP contribution in [0.1, 0.15) is 18.4 Å². The standard InChI is InChI=1S/C15H18N2O3/c1-2-20-13-7-3-11(4-8-13)12(5-9-14(16)18)6-10-15(17)19/h3-10,12H,2H2,1H3,(H2,16,18)(H2,17,19)/b9-5+,10-6+. The van der Waals surface area contributed by atoms with E-state index in [1.807, 2.05) is 31.2 Å². The van der Waals surface area contributed by atoms with Gasteiger partial charge >= 0.3 is 0 Å². The van der Waals surface area contributed by atoms with Crippen molar-refractivity contribution in [1.29, 1.82) is 0 Å². The van der Waals surface area contributed by atoms with E-state index in [0.717, 1.165) is 11.3 Å². The zero-order chi connectivity index (χ0) is 15.0. The van der Waals surface area contributed by atoms with Crippen LogP contribution < -0.4 is 16.2 Å². The summed E-state index contributed by atoms with van der Waals surface area (Å²) in [7, 11) is 0. The molecule has 2 amide bonds. The Morgan fingerprint density at radius 2 is 1.60 bits per heavy atom. The number of hydrogen-bond acceptors (Lipinski definition) is 3. The third-order valence-corrected chi connectivity index (χ3v) is 2.51. The topological polar surface area (TPSA) is 95.4 Å². The first-order chi connectivity index (χ1) is 9.52. The molecule has 0 aliphatic rings. The van der Waals surface area contributed by atoms with Crippen molar-refractivity contribution >= 4 is 11.8 Å². The molecule has 0 radical (unpaired) electrons. The minimum atomic E-state index is -0.548. The van der Waals surface area contributed by atoms with Crippen LogP contribution in [0.25, 0.3) is 0 Å². The number of amides is 2. The van der Waals surface area contributed by atoms with Gasteiger partial charge in [-0.25, -0.2) is 0 Å². The monoisotopic (exact) mass is 274 g/mol. The molecular weight excluding hydrogens is 256 g/mol. The lowest BCUT2D eigenvalue weighted by Gasteiger charge is -2.09. The Morgan fingerprint density at radius 3 is 2.00 bits per heavy atom. The van der Waals surface area contributed by atoms with Crippen LogP contribution in [0.2, 0.25) is 0 Å². The fraction of sp³-hybridized carbons (Fsp3) is 0.200. The van der Waals surface area contributed by atoms with E-state index < -0.39 is 11.8 Å². The normalized spacial score (nSPS) is 11.3. The van der Waals surface area contributed by atoms with Gasteiger partial charge < -0.3 is 16.2 Å². The van der Waals surface area contributed by atoms with E-state index in [4.69, 9.17) is 16.2 Å². The molecule has 20 heavy (non-hydrogen) atoms. The summed E-state index contributed by atoms with van der Waals surface area (Å²) in [6.45, 7) is 2.49. The van der Waals surface area contributed by atoms with Gasteiger partial charge in [0, 0.05) is 5.92 Å². The van der Waals surface area contributed by atoms with Crippen molar-refractivity contribution in [2.75, 3.05) is 6.61 Å². The first-order valence-electron chi connectivity index (χ1n) is 6.21. The average Bonchev–Trinajstić information content (AvgIpc) is 2.40. The Balaban J connectivity index is 2.96. The molecule has 0 fully saturated rings. The van der Waals surface area contributed by atoms with Crippen LogP contribution in [0, 0.1) is 0 Å². The Labute approximate surface area is 117 Å². The SMILES string of the molecule is CCOc1ccc(C(/C=C/C(N)=O)/C=C/C(N)=O)cc1. The lowest BCUT2D eigenvalue weighted by Crippen LogP contribution is -2.08. The van der Waals surface area contributed by atoms with E-state index in [1.54, 1.807) is 12.2 Å². The smallest absolute Gasteiger partial charge is 0.241 e. The number of rotatable bonds is 7. The molecule has 0 saturated carbocycles. The molecule has 0 aliphatic carbocycles. The van der Waals surface area contributed by atoms with Crippen LogP contribution in [0.15, 0.2) is 48.6 Å². The quantitative estimate of drug-likeness (QED) is 0.732. The number of ether oxygens (including phenoxy) is 1. The highest BCUT2D eigenvalue weighted by Gasteiger charge is 2.05. The molecule has 106 valence electrons. The van der Waals surface area contributed by atoms with E-state index in [-0.39, 0.29) is 5.92 Å². The predicted molar refractivity (Wildman–Crippen MR) is 77.0 cm³/mol. The maximum atomic E-state index is 10.8. The summed E-state index contributed by atoms with van der Waals surface area (Å²) in [5.74, 6) is -0.597. The van der Waals surface area contributed by atoms with Gasteiger partial charge in [-0.3, -0.25) is 9.59 Å². The first-order valence-corrected chi connectivity index (χ1v) is 6.21. The van der Waals surface area contributed by atoms with Gasteiger partial charge in [-0.05, 0) is 36.8 Å². The number of primary amides is 2. The van der Waals surface area contributed by atoms with E-state index >= 15 is 0 Å². The lowest BCUT2D eigenvalue weighted by molar-refractivity contribution is -0.114. The molecule has 0 aliphatic heterocycles. The van der Waals surface area contributed by atoms with E-state index in [0.29, 0.717) is 6.61 Å². The summed E-state index contributed by atoms with van der Waals surface area (Å²) in [5.41, 5.74) is 11.0. The molecule has 5 heteroatoms. The van der Waals surface area contributed by atoms with E-state index in [2.05, 4.69) is 0 Å². The fourth-order valence-corrected chi connectivity index (χ4v) is 1.64. The van der Waals surface area contributed by atoms with Crippen molar-refractivity contribution in [3.8, 4) is 5.75 Å². The van der Waals surface area contributed by atoms with Crippen LogP contribution in [-0.2, 0) is 9.59 Å². The summed E-state index contributed by atoms with van der Waals surface area (Å²) in [6, 6.07) is 7.35. The van der Waals surface area contributed by atoms with Crippen molar-refractivity contribution in [3.05, 3.63) is 54.1 Å². The van der Waals surface area contributed by atoms with Gasteiger partial charge in [0.1, 0.15) is 5.75 Å². The molecule has 1 aromatic rings. The highest BCUT2D eigenvalue weighted by molar-refractivity contribution is 5.87. The molecule has 1 aromatic carbocycles. The zero-order valence-electron chi connectivity index (χ0n) is 11.3. The zero-order valence-corrected chi connectivity index (χ0v) is 11.3. The number of benzene rings is 1. The molecular formula is C15H18N2O3. The fourth-order valence-electron chi connectivity index (χ4n) is 1.64. The third kappa shape index (κ3) is 5.39. The van der Waals surface area contributed by atoms with Crippen molar-refractivity contribution in [2.45, 2.75) is 12.8 Å². The third-order valence-electron chi connectivity index (χ3n) is 2.51. The van der Waals surface area contributed by atoms with Gasteiger partial charge in [-0.1, -0.05) is 24.3 Å². The minimum absolute atomic E-state index is 0.259. The van der Waals surface area contributed by atoms with Crippen LogP contribution >= 0.6 is 0 Å². The van der Waals surface area contributed by atoms with E-state index in [1.165, 1.54) is 12.2 Å². The van der Waals surface area contributed by atoms with Gasteiger partial charge in [0.2, 0.25) is 11.8 Å². The highest BCUT2D eigenvalue weighted by Crippen LogP contribution is 2.22. The molecule has 0 heterocycles. The maximum absolute atomic E-state index is 10.8. The van der Waals surface area contributed by atoms with Gasteiger partial charge in [0.15, 0.2) is 0 Å². The van der Waals surface area contributed by atoms with Crippen molar-refractivity contribution in [2.24, 2.45) is 11.5 Å². The highest BCUT2D eigenvalue weighted by atomic mass is 16.5. The van der Waals surface area contributed by atoms with E-state index in [9.17, 15) is 9.59 Å². The summed E-state index contributed by atoms with van der Waals surface area (Å²) in [4.78, 5) is 21.6. The van der Waals surface area contributed by atoms with Crippen LogP contribution in [0.4, 0.5) is 0 Å². The molecule has 0 saturated heterocycles. The maximum Gasteiger partial charge on any atom is 0.241 e. The summed E-state index contributed by atoms with van der Waals surface area (Å²) >= 11 is 0. The Hall–Kier alpha value is -2.56. The second kappa shape index (κ2) is 7.78. The second-order valence-electron chi connectivity index (χ2n) is 4.05. The molecule has 0 atom stereocenters. The van der Waals surface area contributed by atoms with Crippen molar-refractivity contribution in [3.63, 3.8) is 0 Å². The van der Waals surface area contributed by atoms with Gasteiger partial charge in [0.25, 0.3) is 0 Å². The molecule has 4 N–H and O–H groups in total. The van der Waals surface area contributed by atoms with Gasteiger partial charge in [-0.2, -0.15) is 0 Å². The van der Waals surface area contributed by atoms with Gasteiger partial charge in [0.05, 0.1) is 6.61 Å². The second-order valence-corrected chi connectivity index (χ2v) is 4.05. The lowest BCUT2D eigenvalue weighted by atomic mass is 9.97. The predicted octanol–water partition coefficient (Wildman–Crippen LogP) is 1.25. The summed E-state index contributed by atoms with van der Waals surface area (Å²) in [6.07, 6.45) is 5.73. The van der Waals surface area contributed by atoms with Crippen LogP contribution in [0.5, 0.6) is 5.75 Å². The largest absolute Gasteiger partial charge is 0.494 e. The summed E-state index contributed by atoms with van der Waals surface area (Å²) < 4.78 is 5.35. The molecule has 0 bridgehead atoms. The number of allylic oxidation sites excluding steroid dienone is 2. The molecule has 0 unspecified atom stereocenters. The number of carbonyl (C=O) groups is 2. The van der Waals surface area contributed by atoms with Crippen molar-refractivity contribution in [1.82, 2.24) is 0 Å². The Bertz CT molecular complexity index is 494. The van der Waals surface area contributed by atoms with Crippen molar-refractivity contribution < 1.29 is 14.3 Å². The number of carbonyl (C=O) groups excluding carboxylic acids is 2. The first kappa shape index (κ1) is 15.5. The molecule has 0 aromatic heterocycles.